The minimum Gasteiger partial charge on any atom is -0.384 e. The molecule has 0 spiro atoms. The Morgan fingerprint density at radius 3 is 2.41 bits per heavy atom. The molecule has 3 aliphatic rings. The van der Waals surface area contributed by atoms with E-state index in [1.54, 1.807) is 6.20 Å². The van der Waals surface area contributed by atoms with Gasteiger partial charge in [0.25, 0.3) is 0 Å². The number of hydrogen-bond acceptors (Lipinski definition) is 3. The van der Waals surface area contributed by atoms with Gasteiger partial charge in [-0.15, -0.1) is 0 Å². The molecule has 0 radical (unpaired) electrons. The normalized spacial score (nSPS) is 36.6. The average Bonchev–Trinajstić information content (AvgIpc) is 3.01. The summed E-state index contributed by atoms with van der Waals surface area (Å²) in [5.41, 5.74) is 0.271. The number of likely N-dealkylation sites (tertiary alicyclic amines) is 1. The minimum atomic E-state index is -0.708. The summed E-state index contributed by atoms with van der Waals surface area (Å²) >= 11 is 6.08. The molecule has 1 aromatic heterocycles. The molecule has 2 aliphatic carbocycles. The molecule has 2 unspecified atom stereocenters. The van der Waals surface area contributed by atoms with Crippen LogP contribution in [0.15, 0.2) is 18.3 Å². The number of aromatic nitrogens is 1. The summed E-state index contributed by atoms with van der Waals surface area (Å²) in [4.78, 5) is 6.76. The number of fused-ring (bicyclic) bond motifs is 2. The van der Waals surface area contributed by atoms with Crippen LogP contribution in [0.5, 0.6) is 0 Å². The predicted octanol–water partition coefficient (Wildman–Crippen LogP) is 3.60. The molecule has 2 heterocycles. The van der Waals surface area contributed by atoms with E-state index in [-0.39, 0.29) is 0 Å². The van der Waals surface area contributed by atoms with E-state index < -0.39 is 5.60 Å². The van der Waals surface area contributed by atoms with E-state index in [1.807, 2.05) is 12.1 Å². The molecule has 0 aromatic carbocycles. The van der Waals surface area contributed by atoms with Crippen LogP contribution in [-0.4, -0.2) is 34.1 Å². The Kier molecular flexibility index (Phi) is 3.91. The Morgan fingerprint density at radius 1 is 1.09 bits per heavy atom. The second-order valence-corrected chi connectivity index (χ2v) is 7.80. The fourth-order valence-electron chi connectivity index (χ4n) is 5.18. The van der Waals surface area contributed by atoms with Crippen LogP contribution in [0.2, 0.25) is 5.15 Å². The van der Waals surface area contributed by atoms with E-state index in [9.17, 15) is 5.11 Å². The van der Waals surface area contributed by atoms with Gasteiger partial charge in [0.15, 0.2) is 0 Å². The van der Waals surface area contributed by atoms with Crippen LogP contribution in [0.3, 0.4) is 0 Å². The zero-order valence-corrected chi connectivity index (χ0v) is 13.8. The number of nitrogens with zero attached hydrogens (tertiary/aromatic N) is 2. The molecule has 22 heavy (non-hydrogen) atoms. The van der Waals surface area contributed by atoms with E-state index >= 15 is 0 Å². The second-order valence-electron chi connectivity index (χ2n) is 7.41. The van der Waals surface area contributed by atoms with E-state index in [0.29, 0.717) is 17.0 Å². The first-order chi connectivity index (χ1) is 10.7. The molecular weight excluding hydrogens is 296 g/mol. The molecular formula is C18H25ClN2O. The van der Waals surface area contributed by atoms with Crippen molar-refractivity contribution in [1.29, 1.82) is 0 Å². The van der Waals surface area contributed by atoms with Crippen LogP contribution >= 0.6 is 11.6 Å². The van der Waals surface area contributed by atoms with Crippen LogP contribution < -0.4 is 0 Å². The third-order valence-corrected chi connectivity index (χ3v) is 6.50. The smallest absolute Gasteiger partial charge is 0.129 e. The summed E-state index contributed by atoms with van der Waals surface area (Å²) in [7, 11) is 0. The zero-order valence-electron chi connectivity index (χ0n) is 13.0. The Labute approximate surface area is 137 Å². The lowest BCUT2D eigenvalue weighted by molar-refractivity contribution is -0.153. The number of piperidine rings is 1. The largest absolute Gasteiger partial charge is 0.384 e. The van der Waals surface area contributed by atoms with Crippen molar-refractivity contribution in [3.63, 3.8) is 0 Å². The highest BCUT2D eigenvalue weighted by Crippen LogP contribution is 2.50. The molecule has 1 saturated heterocycles. The predicted molar refractivity (Wildman–Crippen MR) is 87.8 cm³/mol. The van der Waals surface area contributed by atoms with Gasteiger partial charge in [-0.05, 0) is 43.4 Å². The minimum absolute atomic E-state index is 0.332. The molecule has 1 N–H and O–H groups in total. The molecule has 0 amide bonds. The Bertz CT molecular complexity index is 530. The van der Waals surface area contributed by atoms with E-state index in [2.05, 4.69) is 9.88 Å². The van der Waals surface area contributed by atoms with Crippen LogP contribution in [0.25, 0.3) is 0 Å². The first-order valence-corrected chi connectivity index (χ1v) is 9.14. The molecule has 4 heteroatoms. The third kappa shape index (κ3) is 2.38. The Balaban J connectivity index is 1.64. The van der Waals surface area contributed by atoms with Crippen molar-refractivity contribution in [3.8, 4) is 0 Å². The van der Waals surface area contributed by atoms with Gasteiger partial charge in [0.2, 0.25) is 0 Å². The lowest BCUT2D eigenvalue weighted by Gasteiger charge is -2.54. The second kappa shape index (κ2) is 5.77. The maximum absolute atomic E-state index is 11.6. The van der Waals surface area contributed by atoms with E-state index in [4.69, 9.17) is 11.6 Å². The molecule has 3 atom stereocenters. The van der Waals surface area contributed by atoms with Crippen molar-refractivity contribution in [1.82, 2.24) is 9.88 Å². The number of rotatable bonds is 2. The van der Waals surface area contributed by atoms with Gasteiger partial charge in [-0.3, -0.25) is 4.90 Å². The van der Waals surface area contributed by atoms with Crippen LogP contribution in [0.4, 0.5) is 0 Å². The molecule has 3 fully saturated rings. The molecule has 4 rings (SSSR count). The fourth-order valence-corrected chi connectivity index (χ4v) is 5.35. The Morgan fingerprint density at radius 2 is 1.77 bits per heavy atom. The number of pyridine rings is 1. The van der Waals surface area contributed by atoms with Crippen molar-refractivity contribution in [2.24, 2.45) is 11.8 Å². The molecule has 120 valence electrons. The van der Waals surface area contributed by atoms with Gasteiger partial charge < -0.3 is 5.11 Å². The molecule has 2 saturated carbocycles. The number of aliphatic hydroxyl groups is 1. The molecule has 1 aliphatic heterocycles. The molecule has 2 bridgehead atoms. The monoisotopic (exact) mass is 320 g/mol. The van der Waals surface area contributed by atoms with Gasteiger partial charge in [-0.25, -0.2) is 4.98 Å². The summed E-state index contributed by atoms with van der Waals surface area (Å²) in [5, 5.41) is 12.1. The SMILES string of the molecule is OC1(c2ccnc(Cl)c2)C2CCC[C@H]1CN(C1CCCC1)C2. The Hall–Kier alpha value is -0.640. The van der Waals surface area contributed by atoms with Crippen molar-refractivity contribution < 1.29 is 5.11 Å². The summed E-state index contributed by atoms with van der Waals surface area (Å²) in [6.07, 6.45) is 10.7. The van der Waals surface area contributed by atoms with E-state index in [1.165, 1.54) is 32.1 Å². The maximum atomic E-state index is 11.6. The van der Waals surface area contributed by atoms with Gasteiger partial charge in [-0.1, -0.05) is 30.9 Å². The van der Waals surface area contributed by atoms with Crippen molar-refractivity contribution in [2.45, 2.75) is 56.6 Å². The summed E-state index contributed by atoms with van der Waals surface area (Å²) in [6, 6.07) is 4.59. The topological polar surface area (TPSA) is 36.4 Å². The van der Waals surface area contributed by atoms with Gasteiger partial charge in [-0.2, -0.15) is 0 Å². The van der Waals surface area contributed by atoms with Gasteiger partial charge in [0.1, 0.15) is 5.15 Å². The van der Waals surface area contributed by atoms with Crippen molar-refractivity contribution >= 4 is 11.6 Å². The number of hydrogen-bond donors (Lipinski definition) is 1. The lowest BCUT2D eigenvalue weighted by atomic mass is 9.62. The average molecular weight is 321 g/mol. The van der Waals surface area contributed by atoms with Crippen LogP contribution in [0.1, 0.15) is 50.5 Å². The quantitative estimate of drug-likeness (QED) is 0.846. The highest BCUT2D eigenvalue weighted by atomic mass is 35.5. The summed E-state index contributed by atoms with van der Waals surface area (Å²) < 4.78 is 0. The zero-order chi connectivity index (χ0) is 15.2. The highest BCUT2D eigenvalue weighted by Gasteiger charge is 2.52. The maximum Gasteiger partial charge on any atom is 0.129 e. The van der Waals surface area contributed by atoms with E-state index in [0.717, 1.165) is 37.5 Å². The van der Waals surface area contributed by atoms with Crippen molar-refractivity contribution in [3.05, 3.63) is 29.0 Å². The first-order valence-electron chi connectivity index (χ1n) is 8.76. The standard InChI is InChI=1S/C18H25ClN2O/c19-17-10-13(8-9-20-17)18(22)14-4-3-5-15(18)12-21(11-14)16-6-1-2-7-16/h8-10,14-16,22H,1-7,11-12H2/t14-,15?,18?/m0/s1. The summed E-state index contributed by atoms with van der Waals surface area (Å²) in [6.45, 7) is 2.08. The van der Waals surface area contributed by atoms with Gasteiger partial charge >= 0.3 is 0 Å². The highest BCUT2D eigenvalue weighted by molar-refractivity contribution is 6.29. The molecule has 3 nitrogen and oxygen atoms in total. The van der Waals surface area contributed by atoms with Gasteiger partial charge in [0, 0.05) is 37.2 Å². The lowest BCUT2D eigenvalue weighted by Crippen LogP contribution is -2.59. The number of halogens is 1. The van der Waals surface area contributed by atoms with Crippen LogP contribution in [-0.2, 0) is 5.60 Å². The fraction of sp³-hybridized carbons (Fsp3) is 0.722. The van der Waals surface area contributed by atoms with Crippen LogP contribution in [0, 0.1) is 11.8 Å². The molecule has 1 aromatic rings. The van der Waals surface area contributed by atoms with Gasteiger partial charge in [0.05, 0.1) is 5.60 Å². The summed E-state index contributed by atoms with van der Waals surface area (Å²) in [5.74, 6) is 0.665. The third-order valence-electron chi connectivity index (χ3n) is 6.29. The first kappa shape index (κ1) is 14.9. The van der Waals surface area contributed by atoms with Crippen molar-refractivity contribution in [2.75, 3.05) is 13.1 Å².